The van der Waals surface area contributed by atoms with Gasteiger partial charge in [0.2, 0.25) is 0 Å². The molecule has 16 heavy (non-hydrogen) atoms. The van der Waals surface area contributed by atoms with Crippen LogP contribution in [0.4, 0.5) is 0 Å². The molecule has 0 fully saturated rings. The van der Waals surface area contributed by atoms with Gasteiger partial charge in [-0.2, -0.15) is 0 Å². The number of carbonyl (C=O) groups excluding carboxylic acids is 1. The summed E-state index contributed by atoms with van der Waals surface area (Å²) < 4.78 is 1.02. The molecule has 82 valence electrons. The van der Waals surface area contributed by atoms with Gasteiger partial charge in [-0.1, -0.05) is 22.0 Å². The second-order valence-corrected chi connectivity index (χ2v) is 4.45. The zero-order valence-electron chi connectivity index (χ0n) is 8.83. The summed E-state index contributed by atoms with van der Waals surface area (Å²) >= 11 is 3.41. The number of aromatic nitrogens is 2. The lowest BCUT2D eigenvalue weighted by Gasteiger charge is -2.02. The van der Waals surface area contributed by atoms with Crippen LogP contribution in [0.3, 0.4) is 0 Å². The van der Waals surface area contributed by atoms with Crippen molar-refractivity contribution in [3.63, 3.8) is 0 Å². The Kier molecular flexibility index (Phi) is 3.19. The van der Waals surface area contributed by atoms with Crippen LogP contribution in [0.5, 0.6) is 0 Å². The first-order valence-corrected chi connectivity index (χ1v) is 5.74. The van der Waals surface area contributed by atoms with E-state index in [-0.39, 0.29) is 5.78 Å². The molecule has 3 nitrogen and oxygen atoms in total. The quantitative estimate of drug-likeness (QED) is 0.878. The summed E-state index contributed by atoms with van der Waals surface area (Å²) in [4.78, 5) is 18.9. The van der Waals surface area contributed by atoms with Crippen LogP contribution in [0.2, 0.25) is 0 Å². The molecule has 0 bridgehead atoms. The molecule has 1 aromatic carbocycles. The second kappa shape index (κ2) is 4.61. The fourth-order valence-electron chi connectivity index (χ4n) is 1.47. The number of halogens is 1. The zero-order chi connectivity index (χ0) is 11.5. The van der Waals surface area contributed by atoms with E-state index in [1.807, 2.05) is 25.1 Å². The molecule has 0 spiro atoms. The van der Waals surface area contributed by atoms with Crippen molar-refractivity contribution in [2.45, 2.75) is 13.3 Å². The van der Waals surface area contributed by atoms with Crippen LogP contribution in [0.1, 0.15) is 21.7 Å². The molecule has 4 heteroatoms. The molecular weight excluding hydrogens is 268 g/mol. The number of aryl methyl sites for hydroxylation is 1. The van der Waals surface area contributed by atoms with Gasteiger partial charge in [0.25, 0.3) is 0 Å². The maximum absolute atomic E-state index is 11.9. The molecule has 2 aromatic rings. The van der Waals surface area contributed by atoms with Gasteiger partial charge in [-0.25, -0.2) is 4.98 Å². The van der Waals surface area contributed by atoms with Crippen molar-refractivity contribution in [1.29, 1.82) is 0 Å². The van der Waals surface area contributed by atoms with Gasteiger partial charge in [-0.15, -0.1) is 0 Å². The van der Waals surface area contributed by atoms with Gasteiger partial charge in [-0.05, 0) is 24.6 Å². The van der Waals surface area contributed by atoms with Gasteiger partial charge in [-0.3, -0.25) is 4.79 Å². The number of benzene rings is 1. The van der Waals surface area contributed by atoms with E-state index in [0.717, 1.165) is 15.6 Å². The summed E-state index contributed by atoms with van der Waals surface area (Å²) in [5.41, 5.74) is 1.78. The fraction of sp³-hybridized carbons (Fsp3) is 0.167. The first-order valence-electron chi connectivity index (χ1n) is 4.94. The van der Waals surface area contributed by atoms with Gasteiger partial charge in [0.15, 0.2) is 5.78 Å². The van der Waals surface area contributed by atoms with Crippen molar-refractivity contribution >= 4 is 21.7 Å². The van der Waals surface area contributed by atoms with E-state index in [0.29, 0.717) is 12.2 Å². The van der Waals surface area contributed by atoms with Crippen molar-refractivity contribution in [3.05, 3.63) is 52.0 Å². The highest BCUT2D eigenvalue weighted by atomic mass is 79.9. The Bertz CT molecular complexity index is 506. The Hall–Kier alpha value is -1.42. The molecule has 0 amide bonds. The predicted octanol–water partition coefficient (Wildman–Crippen LogP) is 2.91. The topological polar surface area (TPSA) is 45.8 Å². The molecule has 1 aromatic heterocycles. The van der Waals surface area contributed by atoms with Crippen LogP contribution in [0.25, 0.3) is 0 Å². The first-order chi connectivity index (χ1) is 7.66. The van der Waals surface area contributed by atoms with Gasteiger partial charge in [0.05, 0.1) is 6.42 Å². The van der Waals surface area contributed by atoms with Gasteiger partial charge < -0.3 is 4.98 Å². The van der Waals surface area contributed by atoms with Crippen molar-refractivity contribution < 1.29 is 4.79 Å². The zero-order valence-corrected chi connectivity index (χ0v) is 10.4. The molecular formula is C12H11BrN2O. The minimum atomic E-state index is 0.0746. The Labute approximate surface area is 102 Å². The molecule has 0 radical (unpaired) electrons. The molecule has 1 N–H and O–H groups in total. The number of nitrogens with zero attached hydrogens (tertiary/aromatic N) is 1. The minimum absolute atomic E-state index is 0.0746. The highest BCUT2D eigenvalue weighted by Crippen LogP contribution is 2.17. The van der Waals surface area contributed by atoms with Crippen molar-refractivity contribution in [3.8, 4) is 0 Å². The van der Waals surface area contributed by atoms with Crippen LogP contribution < -0.4 is 0 Å². The standard InChI is InChI=1S/C12H11BrN2O/c1-8-6-9(2-3-10(8)13)11(16)7-12-14-4-5-15-12/h2-6H,7H2,1H3,(H,14,15). The average Bonchev–Trinajstić information content (AvgIpc) is 2.74. The fourth-order valence-corrected chi connectivity index (χ4v) is 1.71. The van der Waals surface area contributed by atoms with Crippen molar-refractivity contribution in [2.24, 2.45) is 0 Å². The number of aromatic amines is 1. The Morgan fingerprint density at radius 3 is 2.94 bits per heavy atom. The maximum atomic E-state index is 11.9. The monoisotopic (exact) mass is 278 g/mol. The third-order valence-corrected chi connectivity index (χ3v) is 3.25. The van der Waals surface area contributed by atoms with E-state index in [9.17, 15) is 4.79 Å². The Morgan fingerprint density at radius 1 is 1.50 bits per heavy atom. The second-order valence-electron chi connectivity index (χ2n) is 3.60. The van der Waals surface area contributed by atoms with Gasteiger partial charge in [0, 0.05) is 22.4 Å². The van der Waals surface area contributed by atoms with Crippen LogP contribution in [0, 0.1) is 6.92 Å². The van der Waals surface area contributed by atoms with Crippen LogP contribution in [-0.4, -0.2) is 15.8 Å². The number of rotatable bonds is 3. The number of Topliss-reactive ketones (excluding diaryl/α,β-unsaturated/α-hetero) is 1. The number of ketones is 1. The Balaban J connectivity index is 2.18. The molecule has 2 rings (SSSR count). The van der Waals surface area contributed by atoms with Crippen LogP contribution in [0.15, 0.2) is 35.1 Å². The number of imidazole rings is 1. The number of hydrogen-bond acceptors (Lipinski definition) is 2. The SMILES string of the molecule is Cc1cc(C(=O)Cc2ncc[nH]2)ccc1Br. The van der Waals surface area contributed by atoms with Gasteiger partial charge >= 0.3 is 0 Å². The summed E-state index contributed by atoms with van der Waals surface area (Å²) in [6.07, 6.45) is 3.68. The number of nitrogens with one attached hydrogen (secondary N) is 1. The summed E-state index contributed by atoms with van der Waals surface area (Å²) in [6.45, 7) is 1.97. The van der Waals surface area contributed by atoms with Crippen molar-refractivity contribution in [1.82, 2.24) is 9.97 Å². The number of carbonyl (C=O) groups is 1. The average molecular weight is 279 g/mol. The van der Waals surface area contributed by atoms with E-state index < -0.39 is 0 Å². The normalized spacial score (nSPS) is 10.4. The Morgan fingerprint density at radius 2 is 2.31 bits per heavy atom. The lowest BCUT2D eigenvalue weighted by Crippen LogP contribution is -2.05. The van der Waals surface area contributed by atoms with E-state index in [4.69, 9.17) is 0 Å². The molecule has 0 unspecified atom stereocenters. The molecule has 0 atom stereocenters. The third kappa shape index (κ3) is 2.39. The molecule has 0 saturated carbocycles. The lowest BCUT2D eigenvalue weighted by molar-refractivity contribution is 0.0991. The third-order valence-electron chi connectivity index (χ3n) is 2.36. The van der Waals surface area contributed by atoms with E-state index in [1.54, 1.807) is 12.4 Å². The first kappa shape index (κ1) is 11.1. The van der Waals surface area contributed by atoms with E-state index in [2.05, 4.69) is 25.9 Å². The maximum Gasteiger partial charge on any atom is 0.170 e. The lowest BCUT2D eigenvalue weighted by atomic mass is 10.1. The van der Waals surface area contributed by atoms with E-state index in [1.165, 1.54) is 0 Å². The summed E-state index contributed by atoms with van der Waals surface area (Å²) in [6, 6.07) is 5.60. The highest BCUT2D eigenvalue weighted by Gasteiger charge is 2.09. The highest BCUT2D eigenvalue weighted by molar-refractivity contribution is 9.10. The molecule has 1 heterocycles. The van der Waals surface area contributed by atoms with Crippen molar-refractivity contribution in [2.75, 3.05) is 0 Å². The number of H-pyrrole nitrogens is 1. The smallest absolute Gasteiger partial charge is 0.170 e. The predicted molar refractivity (Wildman–Crippen MR) is 65.5 cm³/mol. The van der Waals surface area contributed by atoms with E-state index >= 15 is 0 Å². The largest absolute Gasteiger partial charge is 0.348 e. The van der Waals surface area contributed by atoms with Crippen LogP contribution in [-0.2, 0) is 6.42 Å². The molecule has 0 aliphatic rings. The summed E-state index contributed by atoms with van der Waals surface area (Å²) in [5.74, 6) is 0.774. The minimum Gasteiger partial charge on any atom is -0.348 e. The van der Waals surface area contributed by atoms with Crippen LogP contribution >= 0.6 is 15.9 Å². The molecule has 0 saturated heterocycles. The number of hydrogen-bond donors (Lipinski definition) is 1. The molecule has 0 aliphatic heterocycles. The summed E-state index contributed by atoms with van der Waals surface area (Å²) in [7, 11) is 0. The molecule has 0 aliphatic carbocycles. The summed E-state index contributed by atoms with van der Waals surface area (Å²) in [5, 5.41) is 0. The van der Waals surface area contributed by atoms with Gasteiger partial charge in [0.1, 0.15) is 5.82 Å².